The Hall–Kier alpha value is -1.75. The molecule has 1 aliphatic heterocycles. The Kier molecular flexibility index (Phi) is 6.71. The average molecular weight is 320 g/mol. The number of carbonyl (C=O) groups excluding carboxylic acids is 1. The van der Waals surface area contributed by atoms with Gasteiger partial charge in [-0.3, -0.25) is 4.79 Å². The summed E-state index contributed by atoms with van der Waals surface area (Å²) in [6.45, 7) is 9.86. The van der Waals surface area contributed by atoms with Crippen LogP contribution in [0.15, 0.2) is 18.2 Å². The molecule has 1 atom stereocenters. The number of benzene rings is 1. The van der Waals surface area contributed by atoms with Crippen molar-refractivity contribution in [2.45, 2.75) is 39.7 Å². The predicted molar refractivity (Wildman–Crippen MR) is 91.4 cm³/mol. The van der Waals surface area contributed by atoms with Gasteiger partial charge in [-0.05, 0) is 38.0 Å². The van der Waals surface area contributed by atoms with Gasteiger partial charge >= 0.3 is 0 Å². The lowest BCUT2D eigenvalue weighted by Crippen LogP contribution is -2.52. The van der Waals surface area contributed by atoms with Crippen LogP contribution in [0.3, 0.4) is 0 Å². The first-order valence-corrected chi connectivity index (χ1v) is 8.58. The number of piperazine rings is 1. The lowest BCUT2D eigenvalue weighted by molar-refractivity contribution is 0.0655. The Morgan fingerprint density at radius 1 is 1.22 bits per heavy atom. The van der Waals surface area contributed by atoms with Crippen LogP contribution in [0.2, 0.25) is 0 Å². The largest absolute Gasteiger partial charge is 0.490 e. The van der Waals surface area contributed by atoms with Gasteiger partial charge in [0.15, 0.2) is 11.5 Å². The van der Waals surface area contributed by atoms with Crippen LogP contribution in [-0.4, -0.2) is 49.7 Å². The maximum absolute atomic E-state index is 12.8. The molecule has 1 N–H and O–H groups in total. The van der Waals surface area contributed by atoms with Crippen molar-refractivity contribution in [3.05, 3.63) is 23.8 Å². The summed E-state index contributed by atoms with van der Waals surface area (Å²) >= 11 is 0. The number of hydrogen-bond donors (Lipinski definition) is 1. The van der Waals surface area contributed by atoms with Gasteiger partial charge in [-0.1, -0.05) is 13.8 Å². The zero-order valence-corrected chi connectivity index (χ0v) is 14.4. The molecule has 0 saturated carbocycles. The van der Waals surface area contributed by atoms with Crippen molar-refractivity contribution in [3.8, 4) is 11.5 Å². The van der Waals surface area contributed by atoms with Crippen LogP contribution in [0.4, 0.5) is 0 Å². The van der Waals surface area contributed by atoms with Crippen LogP contribution in [0.5, 0.6) is 11.5 Å². The molecule has 0 radical (unpaired) electrons. The van der Waals surface area contributed by atoms with Crippen molar-refractivity contribution in [2.24, 2.45) is 0 Å². The first kappa shape index (κ1) is 17.6. The maximum atomic E-state index is 12.8. The van der Waals surface area contributed by atoms with Crippen LogP contribution in [-0.2, 0) is 0 Å². The summed E-state index contributed by atoms with van der Waals surface area (Å²) in [5, 5.41) is 3.30. The topological polar surface area (TPSA) is 50.8 Å². The molecule has 0 aliphatic carbocycles. The minimum Gasteiger partial charge on any atom is -0.490 e. The van der Waals surface area contributed by atoms with Gasteiger partial charge in [0.25, 0.3) is 5.91 Å². The van der Waals surface area contributed by atoms with Crippen LogP contribution in [0.1, 0.15) is 44.0 Å². The molecule has 1 aliphatic rings. The first-order chi connectivity index (χ1) is 11.2. The van der Waals surface area contributed by atoms with Gasteiger partial charge in [-0.15, -0.1) is 0 Å². The number of amides is 1. The molecule has 0 unspecified atom stereocenters. The summed E-state index contributed by atoms with van der Waals surface area (Å²) in [4.78, 5) is 14.7. The van der Waals surface area contributed by atoms with E-state index < -0.39 is 0 Å². The lowest BCUT2D eigenvalue weighted by Gasteiger charge is -2.34. The van der Waals surface area contributed by atoms with Crippen molar-refractivity contribution in [1.29, 1.82) is 0 Å². The Labute approximate surface area is 139 Å². The Morgan fingerprint density at radius 2 is 1.91 bits per heavy atom. The highest BCUT2D eigenvalue weighted by molar-refractivity contribution is 5.95. The summed E-state index contributed by atoms with van der Waals surface area (Å²) < 4.78 is 11.5. The molecule has 1 heterocycles. The molecule has 5 heteroatoms. The molecule has 1 fully saturated rings. The predicted octanol–water partition coefficient (Wildman–Crippen LogP) is 2.70. The SMILES string of the molecule is CCCOc1ccc(C(=O)N2CCNC[C@@H]2C)cc1OCCC. The van der Waals surface area contributed by atoms with E-state index in [1.807, 2.05) is 23.1 Å². The second-order valence-electron chi connectivity index (χ2n) is 5.91. The number of nitrogens with one attached hydrogen (secondary N) is 1. The van der Waals surface area contributed by atoms with E-state index in [0.717, 1.165) is 32.5 Å². The van der Waals surface area contributed by atoms with E-state index in [9.17, 15) is 4.79 Å². The molecule has 5 nitrogen and oxygen atoms in total. The standard InChI is InChI=1S/C18H28N2O3/c1-4-10-22-16-7-6-15(12-17(16)23-11-5-2)18(21)20-9-8-19-13-14(20)3/h6-7,12,14,19H,4-5,8-11,13H2,1-3H3/t14-/m0/s1. The fourth-order valence-corrected chi connectivity index (χ4v) is 2.61. The third kappa shape index (κ3) is 4.61. The molecule has 1 saturated heterocycles. The molecular weight excluding hydrogens is 292 g/mol. The van der Waals surface area contributed by atoms with Gasteiger partial charge < -0.3 is 19.7 Å². The normalized spacial score (nSPS) is 17.9. The van der Waals surface area contributed by atoms with Gasteiger partial charge in [0.1, 0.15) is 0 Å². The molecule has 128 valence electrons. The van der Waals surface area contributed by atoms with E-state index in [4.69, 9.17) is 9.47 Å². The van der Waals surface area contributed by atoms with Crippen LogP contribution < -0.4 is 14.8 Å². The Morgan fingerprint density at radius 3 is 2.57 bits per heavy atom. The Balaban J connectivity index is 2.19. The summed E-state index contributed by atoms with van der Waals surface area (Å²) in [5.74, 6) is 1.43. The van der Waals surface area contributed by atoms with Gasteiger partial charge in [-0.25, -0.2) is 0 Å². The molecule has 1 aromatic carbocycles. The lowest BCUT2D eigenvalue weighted by atomic mass is 10.1. The third-order valence-corrected chi connectivity index (χ3v) is 3.88. The van der Waals surface area contributed by atoms with Crippen LogP contribution in [0, 0.1) is 0 Å². The fraction of sp³-hybridized carbons (Fsp3) is 0.611. The summed E-state index contributed by atoms with van der Waals surface area (Å²) in [5.41, 5.74) is 0.661. The second kappa shape index (κ2) is 8.77. The molecule has 2 rings (SSSR count). The summed E-state index contributed by atoms with van der Waals surface area (Å²) in [7, 11) is 0. The quantitative estimate of drug-likeness (QED) is 0.839. The molecule has 0 bridgehead atoms. The highest BCUT2D eigenvalue weighted by Crippen LogP contribution is 2.29. The van der Waals surface area contributed by atoms with Crippen molar-refractivity contribution < 1.29 is 14.3 Å². The first-order valence-electron chi connectivity index (χ1n) is 8.58. The molecule has 1 amide bonds. The van der Waals surface area contributed by atoms with E-state index in [-0.39, 0.29) is 11.9 Å². The zero-order chi connectivity index (χ0) is 16.7. The van der Waals surface area contributed by atoms with E-state index in [1.165, 1.54) is 0 Å². The number of nitrogens with zero attached hydrogens (tertiary/aromatic N) is 1. The highest BCUT2D eigenvalue weighted by atomic mass is 16.5. The van der Waals surface area contributed by atoms with Gasteiger partial charge in [0, 0.05) is 31.2 Å². The molecule has 1 aromatic rings. The van der Waals surface area contributed by atoms with Crippen molar-refractivity contribution in [3.63, 3.8) is 0 Å². The van der Waals surface area contributed by atoms with Crippen LogP contribution >= 0.6 is 0 Å². The maximum Gasteiger partial charge on any atom is 0.254 e. The van der Waals surface area contributed by atoms with Gasteiger partial charge in [0.2, 0.25) is 0 Å². The van der Waals surface area contributed by atoms with Gasteiger partial charge in [-0.2, -0.15) is 0 Å². The molecule has 23 heavy (non-hydrogen) atoms. The number of rotatable bonds is 7. The van der Waals surface area contributed by atoms with Gasteiger partial charge in [0.05, 0.1) is 13.2 Å². The molecule has 0 aromatic heterocycles. The van der Waals surface area contributed by atoms with E-state index in [1.54, 1.807) is 0 Å². The second-order valence-corrected chi connectivity index (χ2v) is 5.91. The van der Waals surface area contributed by atoms with Crippen molar-refractivity contribution >= 4 is 5.91 Å². The smallest absolute Gasteiger partial charge is 0.254 e. The molecule has 0 spiro atoms. The number of carbonyl (C=O) groups is 1. The summed E-state index contributed by atoms with van der Waals surface area (Å²) in [6.07, 6.45) is 1.85. The number of ether oxygens (including phenoxy) is 2. The number of hydrogen-bond acceptors (Lipinski definition) is 4. The minimum absolute atomic E-state index is 0.0578. The average Bonchev–Trinajstić information content (AvgIpc) is 2.58. The van der Waals surface area contributed by atoms with Crippen molar-refractivity contribution in [1.82, 2.24) is 10.2 Å². The Bertz CT molecular complexity index is 519. The van der Waals surface area contributed by atoms with Crippen LogP contribution in [0.25, 0.3) is 0 Å². The zero-order valence-electron chi connectivity index (χ0n) is 14.4. The summed E-state index contributed by atoms with van der Waals surface area (Å²) in [6, 6.07) is 5.70. The third-order valence-electron chi connectivity index (χ3n) is 3.88. The van der Waals surface area contributed by atoms with Crippen molar-refractivity contribution in [2.75, 3.05) is 32.8 Å². The monoisotopic (exact) mass is 320 g/mol. The van der Waals surface area contributed by atoms with E-state index in [0.29, 0.717) is 30.3 Å². The fourth-order valence-electron chi connectivity index (χ4n) is 2.61. The minimum atomic E-state index is 0.0578. The van der Waals surface area contributed by atoms with E-state index in [2.05, 4.69) is 26.1 Å². The highest BCUT2D eigenvalue weighted by Gasteiger charge is 2.24. The van der Waals surface area contributed by atoms with E-state index >= 15 is 0 Å². The molecular formula is C18H28N2O3.